The number of nitrogens with one attached hydrogen (secondary N) is 3. The van der Waals surface area contributed by atoms with Gasteiger partial charge in [0.05, 0.1) is 19.9 Å². The largest absolute Gasteiger partial charge is 0.497 e. The maximum absolute atomic E-state index is 11.8. The van der Waals surface area contributed by atoms with Crippen molar-refractivity contribution in [2.75, 3.05) is 26.7 Å². The first-order chi connectivity index (χ1) is 12.2. The van der Waals surface area contributed by atoms with Gasteiger partial charge >= 0.3 is 0 Å². The molecule has 0 radical (unpaired) electrons. The highest BCUT2D eigenvalue weighted by Gasteiger charge is 2.06. The number of carbonyl (C=O) groups is 1. The molecule has 0 fully saturated rings. The Balaban J connectivity index is 1.80. The Bertz CT molecular complexity index is 683. The van der Waals surface area contributed by atoms with Crippen molar-refractivity contribution in [1.82, 2.24) is 16.0 Å². The van der Waals surface area contributed by atoms with Gasteiger partial charge in [-0.05, 0) is 36.8 Å². The number of aliphatic imine (C=N–C) groups is 1. The molecule has 0 bridgehead atoms. The molecule has 0 atom stereocenters. The molecule has 7 heteroatoms. The fraction of sp³-hybridized carbons (Fsp3) is 0.333. The molecule has 1 amide bonds. The van der Waals surface area contributed by atoms with Crippen molar-refractivity contribution in [2.45, 2.75) is 13.5 Å². The van der Waals surface area contributed by atoms with Crippen LogP contribution in [-0.2, 0) is 6.54 Å². The Morgan fingerprint density at radius 3 is 2.72 bits per heavy atom. The van der Waals surface area contributed by atoms with E-state index < -0.39 is 0 Å². The number of benzene rings is 1. The van der Waals surface area contributed by atoms with E-state index in [0.29, 0.717) is 31.4 Å². The lowest BCUT2D eigenvalue weighted by molar-refractivity contribution is 0.0926. The van der Waals surface area contributed by atoms with E-state index in [1.54, 1.807) is 19.2 Å². The number of hydrogen-bond donors (Lipinski definition) is 3. The van der Waals surface area contributed by atoms with Gasteiger partial charge in [0, 0.05) is 19.6 Å². The second-order valence-corrected chi connectivity index (χ2v) is 5.21. The van der Waals surface area contributed by atoms with Crippen molar-refractivity contribution in [1.29, 1.82) is 0 Å². The van der Waals surface area contributed by atoms with Crippen LogP contribution in [0.4, 0.5) is 0 Å². The molecule has 0 saturated heterocycles. The van der Waals surface area contributed by atoms with Crippen LogP contribution in [0.15, 0.2) is 52.1 Å². The minimum absolute atomic E-state index is 0.231. The molecule has 1 heterocycles. The Hall–Kier alpha value is -2.96. The molecule has 0 aliphatic rings. The van der Waals surface area contributed by atoms with Crippen molar-refractivity contribution in [3.8, 4) is 5.75 Å². The van der Waals surface area contributed by atoms with E-state index in [0.717, 1.165) is 17.9 Å². The van der Waals surface area contributed by atoms with Gasteiger partial charge in [-0.3, -0.25) is 4.79 Å². The SMILES string of the molecule is CCNC(=NCc1cccc(OC)c1)NCCNC(=O)c1ccco1. The van der Waals surface area contributed by atoms with E-state index in [1.807, 2.05) is 31.2 Å². The van der Waals surface area contributed by atoms with Gasteiger partial charge in [0.15, 0.2) is 11.7 Å². The van der Waals surface area contributed by atoms with Crippen molar-refractivity contribution in [3.05, 3.63) is 54.0 Å². The highest BCUT2D eigenvalue weighted by molar-refractivity contribution is 5.91. The number of methoxy groups -OCH3 is 1. The number of guanidine groups is 1. The molecule has 1 aromatic carbocycles. The van der Waals surface area contributed by atoms with E-state index in [2.05, 4.69) is 20.9 Å². The smallest absolute Gasteiger partial charge is 0.287 e. The quantitative estimate of drug-likeness (QED) is 0.386. The fourth-order valence-electron chi connectivity index (χ4n) is 2.13. The molecule has 0 spiro atoms. The first-order valence-corrected chi connectivity index (χ1v) is 8.19. The van der Waals surface area contributed by atoms with Gasteiger partial charge in [-0.1, -0.05) is 12.1 Å². The molecule has 134 valence electrons. The standard InChI is InChI=1S/C18H24N4O3/c1-3-19-18(22-13-14-6-4-7-15(12-14)24-2)21-10-9-20-17(23)16-8-5-11-25-16/h4-8,11-12H,3,9-10,13H2,1-2H3,(H,20,23)(H2,19,21,22). The van der Waals surface area contributed by atoms with Crippen LogP contribution in [0, 0.1) is 0 Å². The van der Waals surface area contributed by atoms with Crippen molar-refractivity contribution < 1.29 is 13.9 Å². The molecule has 0 aliphatic carbocycles. The zero-order chi connectivity index (χ0) is 17.9. The van der Waals surface area contributed by atoms with Crippen molar-refractivity contribution in [2.24, 2.45) is 4.99 Å². The summed E-state index contributed by atoms with van der Waals surface area (Å²) in [6.45, 7) is 4.30. The van der Waals surface area contributed by atoms with Crippen LogP contribution in [0.5, 0.6) is 5.75 Å². The number of hydrogen-bond acceptors (Lipinski definition) is 4. The minimum Gasteiger partial charge on any atom is -0.497 e. The van der Waals surface area contributed by atoms with Crippen LogP contribution < -0.4 is 20.7 Å². The second kappa shape index (κ2) is 10.0. The average Bonchev–Trinajstić information content (AvgIpc) is 3.18. The van der Waals surface area contributed by atoms with Crippen molar-refractivity contribution in [3.63, 3.8) is 0 Å². The summed E-state index contributed by atoms with van der Waals surface area (Å²) in [5, 5.41) is 9.13. The molecule has 2 aromatic rings. The Morgan fingerprint density at radius 1 is 1.16 bits per heavy atom. The van der Waals surface area contributed by atoms with Crippen LogP contribution in [0.2, 0.25) is 0 Å². The lowest BCUT2D eigenvalue weighted by Crippen LogP contribution is -2.41. The Kier molecular flexibility index (Phi) is 7.37. The number of ether oxygens (including phenoxy) is 1. The van der Waals surface area contributed by atoms with Gasteiger partial charge in [0.2, 0.25) is 0 Å². The molecule has 7 nitrogen and oxygen atoms in total. The molecule has 2 rings (SSSR count). The molecule has 0 aliphatic heterocycles. The van der Waals surface area contributed by atoms with Crippen LogP contribution in [0.25, 0.3) is 0 Å². The van der Waals surface area contributed by atoms with Gasteiger partial charge in [-0.25, -0.2) is 4.99 Å². The predicted molar refractivity (Wildman–Crippen MR) is 96.9 cm³/mol. The summed E-state index contributed by atoms with van der Waals surface area (Å²) in [7, 11) is 1.64. The lowest BCUT2D eigenvalue weighted by Gasteiger charge is -2.11. The third kappa shape index (κ3) is 6.21. The van der Waals surface area contributed by atoms with Crippen LogP contribution in [0.3, 0.4) is 0 Å². The van der Waals surface area contributed by atoms with E-state index in [4.69, 9.17) is 9.15 Å². The first-order valence-electron chi connectivity index (χ1n) is 8.19. The summed E-state index contributed by atoms with van der Waals surface area (Å²) in [5.41, 5.74) is 1.06. The van der Waals surface area contributed by atoms with Gasteiger partial charge < -0.3 is 25.1 Å². The number of amides is 1. The summed E-state index contributed by atoms with van der Waals surface area (Å²) in [6.07, 6.45) is 1.47. The maximum atomic E-state index is 11.8. The van der Waals surface area contributed by atoms with E-state index in [-0.39, 0.29) is 5.91 Å². The average molecular weight is 344 g/mol. The third-order valence-corrected chi connectivity index (χ3v) is 3.35. The number of furan rings is 1. The molecule has 0 unspecified atom stereocenters. The molecule has 25 heavy (non-hydrogen) atoms. The van der Waals surface area contributed by atoms with E-state index in [1.165, 1.54) is 6.26 Å². The van der Waals surface area contributed by atoms with Gasteiger partial charge in [0.1, 0.15) is 5.75 Å². The molecule has 1 aromatic heterocycles. The minimum atomic E-state index is -0.231. The molecular weight excluding hydrogens is 320 g/mol. The fourth-order valence-corrected chi connectivity index (χ4v) is 2.13. The highest BCUT2D eigenvalue weighted by atomic mass is 16.5. The van der Waals surface area contributed by atoms with Gasteiger partial charge in [-0.15, -0.1) is 0 Å². The monoisotopic (exact) mass is 344 g/mol. The van der Waals surface area contributed by atoms with Crippen LogP contribution >= 0.6 is 0 Å². The summed E-state index contributed by atoms with van der Waals surface area (Å²) in [5.74, 6) is 1.58. The van der Waals surface area contributed by atoms with Crippen molar-refractivity contribution >= 4 is 11.9 Å². The topological polar surface area (TPSA) is 87.9 Å². The molecular formula is C18H24N4O3. The van der Waals surface area contributed by atoms with Gasteiger partial charge in [0.25, 0.3) is 5.91 Å². The molecule has 3 N–H and O–H groups in total. The second-order valence-electron chi connectivity index (χ2n) is 5.21. The van der Waals surface area contributed by atoms with Crippen LogP contribution in [-0.4, -0.2) is 38.6 Å². The zero-order valence-corrected chi connectivity index (χ0v) is 14.5. The third-order valence-electron chi connectivity index (χ3n) is 3.35. The normalized spacial score (nSPS) is 11.0. The summed E-state index contributed by atoms with van der Waals surface area (Å²) in [6, 6.07) is 11.1. The number of nitrogens with zero attached hydrogens (tertiary/aromatic N) is 1. The zero-order valence-electron chi connectivity index (χ0n) is 14.5. The van der Waals surface area contributed by atoms with Crippen LogP contribution in [0.1, 0.15) is 23.0 Å². The van der Waals surface area contributed by atoms with E-state index >= 15 is 0 Å². The highest BCUT2D eigenvalue weighted by Crippen LogP contribution is 2.13. The Morgan fingerprint density at radius 2 is 2.00 bits per heavy atom. The number of rotatable bonds is 8. The molecule has 0 saturated carbocycles. The lowest BCUT2D eigenvalue weighted by atomic mass is 10.2. The Labute approximate surface area is 147 Å². The predicted octanol–water partition coefficient (Wildman–Crippen LogP) is 1.77. The maximum Gasteiger partial charge on any atom is 0.287 e. The first kappa shape index (κ1) is 18.4. The number of carbonyl (C=O) groups excluding carboxylic acids is 1. The summed E-state index contributed by atoms with van der Waals surface area (Å²) < 4.78 is 10.3. The summed E-state index contributed by atoms with van der Waals surface area (Å²) in [4.78, 5) is 16.3. The summed E-state index contributed by atoms with van der Waals surface area (Å²) >= 11 is 0. The van der Waals surface area contributed by atoms with E-state index in [9.17, 15) is 4.79 Å². The van der Waals surface area contributed by atoms with Gasteiger partial charge in [-0.2, -0.15) is 0 Å².